The first kappa shape index (κ1) is 23.3. The Bertz CT molecular complexity index is 1250. The molecule has 2 heterocycles. The molecule has 0 amide bonds. The molecule has 5 heteroatoms. The molecule has 0 saturated carbocycles. The van der Waals surface area contributed by atoms with Gasteiger partial charge in [0.05, 0.1) is 10.7 Å². The van der Waals surface area contributed by atoms with Gasteiger partial charge in [-0.1, -0.05) is 65.6 Å². The van der Waals surface area contributed by atoms with Crippen LogP contribution in [0.4, 0.5) is 5.69 Å². The maximum absolute atomic E-state index is 2.40. The van der Waals surface area contributed by atoms with E-state index in [1.807, 2.05) is 23.1 Å². The Balaban J connectivity index is 0.00000245. The Hall–Kier alpha value is -1.83. The van der Waals surface area contributed by atoms with Crippen molar-refractivity contribution in [2.75, 3.05) is 11.4 Å². The molecule has 2 aromatic carbocycles. The molecule has 2 nitrogen and oxygen atoms in total. The maximum Gasteiger partial charge on any atom is 0.262 e. The number of thioether (sulfide) groups is 1. The second-order valence-corrected chi connectivity index (χ2v) is 9.89. The van der Waals surface area contributed by atoms with Gasteiger partial charge in [-0.2, -0.15) is 4.57 Å². The van der Waals surface area contributed by atoms with E-state index in [-0.39, 0.29) is 24.0 Å². The molecular weight excluding hydrogens is 543 g/mol. The van der Waals surface area contributed by atoms with E-state index in [1.165, 1.54) is 42.0 Å². The number of benzene rings is 2. The molecule has 32 heavy (non-hydrogen) atoms. The van der Waals surface area contributed by atoms with Gasteiger partial charge in [-0.05, 0) is 62.1 Å². The fraction of sp³-hybridized carbons (Fsp3) is 0.222. The molecule has 0 saturated heterocycles. The summed E-state index contributed by atoms with van der Waals surface area (Å²) < 4.78 is 3.76. The monoisotopic (exact) mass is 570 g/mol. The molecule has 0 unspecified atom stereocenters. The number of para-hydroxylation sites is 2. The molecule has 0 radical (unpaired) electrons. The number of aryl methyl sites for hydroxylation is 1. The van der Waals surface area contributed by atoms with E-state index in [1.54, 1.807) is 0 Å². The highest BCUT2D eigenvalue weighted by molar-refractivity contribution is 8.03. The van der Waals surface area contributed by atoms with Gasteiger partial charge < -0.3 is 28.9 Å². The van der Waals surface area contributed by atoms with Crippen molar-refractivity contribution in [3.8, 4) is 0 Å². The Morgan fingerprint density at radius 2 is 1.78 bits per heavy atom. The van der Waals surface area contributed by atoms with Gasteiger partial charge >= 0.3 is 0 Å². The van der Waals surface area contributed by atoms with Crippen LogP contribution in [0, 0.1) is 0 Å². The molecule has 164 valence electrons. The van der Waals surface area contributed by atoms with Crippen molar-refractivity contribution in [3.05, 3.63) is 94.0 Å². The lowest BCUT2D eigenvalue weighted by Gasteiger charge is -2.17. The Morgan fingerprint density at radius 1 is 0.969 bits per heavy atom. The number of nitrogens with zero attached hydrogens (tertiary/aromatic N) is 2. The van der Waals surface area contributed by atoms with E-state index < -0.39 is 0 Å². The summed E-state index contributed by atoms with van der Waals surface area (Å²) in [6.45, 7) is 6.43. The van der Waals surface area contributed by atoms with Crippen LogP contribution in [0.2, 0.25) is 0 Å². The second kappa shape index (κ2) is 10.4. The number of hydrogen-bond acceptors (Lipinski definition) is 3. The van der Waals surface area contributed by atoms with Crippen LogP contribution in [0.15, 0.2) is 93.9 Å². The molecule has 5 rings (SSSR count). The van der Waals surface area contributed by atoms with Crippen LogP contribution < -0.4 is 33.4 Å². The van der Waals surface area contributed by atoms with Crippen LogP contribution in [0.3, 0.4) is 0 Å². The molecule has 3 aromatic rings. The second-order valence-electron chi connectivity index (χ2n) is 7.77. The molecule has 0 spiro atoms. The fourth-order valence-corrected chi connectivity index (χ4v) is 6.55. The van der Waals surface area contributed by atoms with E-state index in [0.29, 0.717) is 0 Å². The molecule has 2 aliphatic rings. The molecular formula is C27H27IN2S2. The highest BCUT2D eigenvalue weighted by Gasteiger charge is 2.22. The summed E-state index contributed by atoms with van der Waals surface area (Å²) in [5.41, 5.74) is 5.49. The number of thiazole rings is 1. The van der Waals surface area contributed by atoms with Gasteiger partial charge in [0, 0.05) is 23.6 Å². The number of fused-ring (bicyclic) bond motifs is 2. The smallest absolute Gasteiger partial charge is 0.262 e. The lowest BCUT2D eigenvalue weighted by atomic mass is 10.2. The summed E-state index contributed by atoms with van der Waals surface area (Å²) in [5, 5.41) is 2.64. The summed E-state index contributed by atoms with van der Waals surface area (Å²) in [6.07, 6.45) is 13.8. The molecule has 0 fully saturated rings. The number of allylic oxidation sites excluding steroid dienone is 6. The van der Waals surface area contributed by atoms with Gasteiger partial charge in [0.25, 0.3) is 5.01 Å². The van der Waals surface area contributed by atoms with Crippen LogP contribution in [-0.2, 0) is 6.54 Å². The quantitative estimate of drug-likeness (QED) is 0.333. The van der Waals surface area contributed by atoms with Crippen molar-refractivity contribution in [1.82, 2.24) is 0 Å². The first-order valence-electron chi connectivity index (χ1n) is 11.0. The first-order chi connectivity index (χ1) is 15.3. The fourth-order valence-electron chi connectivity index (χ4n) is 4.30. The van der Waals surface area contributed by atoms with Crippen molar-refractivity contribution in [3.63, 3.8) is 0 Å². The van der Waals surface area contributed by atoms with Gasteiger partial charge in [-0.25, -0.2) is 0 Å². The van der Waals surface area contributed by atoms with Crippen LogP contribution in [0.5, 0.6) is 0 Å². The number of halogens is 1. The largest absolute Gasteiger partial charge is 1.00 e. The van der Waals surface area contributed by atoms with E-state index in [9.17, 15) is 0 Å². The lowest BCUT2D eigenvalue weighted by molar-refractivity contribution is -0.665. The Labute approximate surface area is 216 Å². The third kappa shape index (κ3) is 4.61. The van der Waals surface area contributed by atoms with Crippen LogP contribution >= 0.6 is 23.1 Å². The number of aromatic nitrogens is 1. The SMILES string of the molecule is CCN1/C(=C/C=C2C=C(/C=C/c3sc4ccccc4[n+]3CC)CC/2)Sc2ccccc21.[I-]. The molecule has 0 bridgehead atoms. The van der Waals surface area contributed by atoms with Crippen molar-refractivity contribution in [1.29, 1.82) is 0 Å². The highest BCUT2D eigenvalue weighted by Crippen LogP contribution is 2.45. The molecule has 1 aliphatic carbocycles. The zero-order chi connectivity index (χ0) is 21.2. The number of hydrogen-bond donors (Lipinski definition) is 0. The normalized spacial score (nSPS) is 18.1. The first-order valence-corrected chi connectivity index (χ1v) is 12.7. The summed E-state index contributed by atoms with van der Waals surface area (Å²) >= 11 is 3.75. The van der Waals surface area contributed by atoms with Gasteiger partial charge in [0.1, 0.15) is 11.2 Å². The van der Waals surface area contributed by atoms with E-state index in [2.05, 4.69) is 102 Å². The molecule has 0 N–H and O–H groups in total. The van der Waals surface area contributed by atoms with Crippen LogP contribution in [0.1, 0.15) is 31.7 Å². The van der Waals surface area contributed by atoms with E-state index in [4.69, 9.17) is 0 Å². The van der Waals surface area contributed by atoms with Crippen LogP contribution in [0.25, 0.3) is 16.3 Å². The van der Waals surface area contributed by atoms with Crippen molar-refractivity contribution in [2.45, 2.75) is 38.1 Å². The maximum atomic E-state index is 2.40. The minimum absolute atomic E-state index is 0. The number of rotatable bonds is 5. The third-order valence-electron chi connectivity index (χ3n) is 5.86. The van der Waals surface area contributed by atoms with Crippen LogP contribution in [-0.4, -0.2) is 6.54 Å². The predicted molar refractivity (Wildman–Crippen MR) is 136 cm³/mol. The zero-order valence-electron chi connectivity index (χ0n) is 18.4. The van der Waals surface area contributed by atoms with Gasteiger partial charge in [0.2, 0.25) is 5.52 Å². The molecule has 1 aliphatic heterocycles. The Morgan fingerprint density at radius 3 is 2.62 bits per heavy atom. The van der Waals surface area contributed by atoms with Crippen molar-refractivity contribution < 1.29 is 28.5 Å². The highest BCUT2D eigenvalue weighted by atomic mass is 127. The summed E-state index contributed by atoms with van der Waals surface area (Å²) in [6, 6.07) is 17.4. The standard InChI is InChI=1S/C27H27N2S2.HI/c1-3-28-22-9-5-7-11-24(22)30-26(28)17-15-20-13-14-21(19-20)16-18-27-29(4-2)23-10-6-8-12-25(23)31-27;/h5-12,15-19H,3-4,13-14H2,1-2H3;1H/q+1;/p-1. The van der Waals surface area contributed by atoms with Gasteiger partial charge in [0.15, 0.2) is 0 Å². The third-order valence-corrected chi connectivity index (χ3v) is 8.12. The summed E-state index contributed by atoms with van der Waals surface area (Å²) in [4.78, 5) is 3.76. The predicted octanol–water partition coefficient (Wildman–Crippen LogP) is 4.35. The molecule has 1 aromatic heterocycles. The minimum Gasteiger partial charge on any atom is -1.00 e. The lowest BCUT2D eigenvalue weighted by Crippen LogP contribution is -3.00. The van der Waals surface area contributed by atoms with Crippen molar-refractivity contribution >= 4 is 45.1 Å². The zero-order valence-corrected chi connectivity index (χ0v) is 22.2. The minimum atomic E-state index is 0. The van der Waals surface area contributed by atoms with Gasteiger partial charge in [-0.3, -0.25) is 0 Å². The number of anilines is 1. The van der Waals surface area contributed by atoms with Gasteiger partial charge in [-0.15, -0.1) is 0 Å². The Kier molecular flexibility index (Phi) is 7.59. The van der Waals surface area contributed by atoms with E-state index in [0.717, 1.165) is 25.9 Å². The molecule has 0 atom stereocenters. The topological polar surface area (TPSA) is 7.12 Å². The average Bonchev–Trinajstić information content (AvgIpc) is 3.50. The average molecular weight is 571 g/mol. The summed E-state index contributed by atoms with van der Waals surface area (Å²) in [7, 11) is 0. The van der Waals surface area contributed by atoms with E-state index >= 15 is 0 Å². The summed E-state index contributed by atoms with van der Waals surface area (Å²) in [5.74, 6) is 0. The van der Waals surface area contributed by atoms with Crippen molar-refractivity contribution in [2.24, 2.45) is 0 Å².